The van der Waals surface area contributed by atoms with Crippen LogP contribution in [0.3, 0.4) is 0 Å². The van der Waals surface area contributed by atoms with Gasteiger partial charge in [-0.2, -0.15) is 0 Å². The summed E-state index contributed by atoms with van der Waals surface area (Å²) in [5.41, 5.74) is 4.12. The van der Waals surface area contributed by atoms with Crippen molar-refractivity contribution in [2.75, 3.05) is 4.90 Å². The van der Waals surface area contributed by atoms with Crippen molar-refractivity contribution < 1.29 is 14.3 Å². The third kappa shape index (κ3) is 3.01. The molecule has 0 saturated heterocycles. The molecule has 8 aromatic rings. The van der Waals surface area contributed by atoms with Crippen LogP contribution in [0.5, 0.6) is 0 Å². The molecule has 8 aromatic carbocycles. The van der Waals surface area contributed by atoms with Gasteiger partial charge < -0.3 is 9.64 Å². The van der Waals surface area contributed by atoms with Crippen molar-refractivity contribution in [2.45, 2.75) is 0 Å². The zero-order valence-electron chi connectivity index (χ0n) is 22.3. The second-order valence-corrected chi connectivity index (χ2v) is 10.8. The Morgan fingerprint density at radius 2 is 0.952 bits per heavy atom. The number of esters is 2. The molecule has 4 nitrogen and oxygen atoms in total. The highest BCUT2D eigenvalue weighted by molar-refractivity contribution is 6.38. The van der Waals surface area contributed by atoms with E-state index in [1.807, 2.05) is 18.2 Å². The number of anilines is 3. The molecule has 0 aromatic heterocycles. The van der Waals surface area contributed by atoms with Gasteiger partial charge in [-0.25, -0.2) is 9.59 Å². The van der Waals surface area contributed by atoms with E-state index in [0.29, 0.717) is 16.5 Å². The standard InChI is InChI=1S/C38H21NO3/c40-37-30-18-16-27-25-13-7-14-29-33(21-20-26(34(25)29)28-17-19-31(38(41)42-37)36(30)35(27)28)39(23-10-2-1-3-11-23)32-15-6-9-22-8-4-5-12-24(22)32/h1-21H. The van der Waals surface area contributed by atoms with E-state index in [-0.39, 0.29) is 0 Å². The second-order valence-electron chi connectivity index (χ2n) is 10.8. The van der Waals surface area contributed by atoms with E-state index in [4.69, 9.17) is 4.74 Å². The summed E-state index contributed by atoms with van der Waals surface area (Å²) in [4.78, 5) is 27.7. The van der Waals surface area contributed by atoms with Crippen molar-refractivity contribution in [3.8, 4) is 0 Å². The van der Waals surface area contributed by atoms with Crippen LogP contribution in [0, 0.1) is 0 Å². The molecule has 0 atom stereocenters. The first-order valence-electron chi connectivity index (χ1n) is 13.9. The third-order valence-electron chi connectivity index (χ3n) is 8.65. The molecule has 0 N–H and O–H groups in total. The monoisotopic (exact) mass is 539 g/mol. The maximum atomic E-state index is 12.7. The van der Waals surface area contributed by atoms with Crippen molar-refractivity contribution in [1.82, 2.24) is 0 Å². The average Bonchev–Trinajstić information content (AvgIpc) is 3.04. The summed E-state index contributed by atoms with van der Waals surface area (Å²) in [7, 11) is 0. The van der Waals surface area contributed by atoms with Crippen molar-refractivity contribution in [1.29, 1.82) is 0 Å². The molecule has 42 heavy (non-hydrogen) atoms. The molecule has 0 amide bonds. The van der Waals surface area contributed by atoms with E-state index in [0.717, 1.165) is 54.8 Å². The van der Waals surface area contributed by atoms with Crippen molar-refractivity contribution in [2.24, 2.45) is 0 Å². The Balaban J connectivity index is 1.42. The number of rotatable bonds is 3. The van der Waals surface area contributed by atoms with Crippen molar-refractivity contribution >= 4 is 82.9 Å². The van der Waals surface area contributed by atoms with Crippen LogP contribution in [0.1, 0.15) is 20.7 Å². The highest BCUT2D eigenvalue weighted by atomic mass is 16.6. The Hall–Kier alpha value is -5.74. The van der Waals surface area contributed by atoms with Crippen molar-refractivity contribution in [3.63, 3.8) is 0 Å². The van der Waals surface area contributed by atoms with Crippen LogP contribution in [0.2, 0.25) is 0 Å². The van der Waals surface area contributed by atoms with Crippen LogP contribution < -0.4 is 4.90 Å². The minimum absolute atomic E-state index is 0.434. The lowest BCUT2D eigenvalue weighted by Gasteiger charge is -2.29. The minimum Gasteiger partial charge on any atom is -0.386 e. The molecule has 0 saturated carbocycles. The van der Waals surface area contributed by atoms with Crippen LogP contribution in [-0.4, -0.2) is 11.9 Å². The number of hydrogen-bond donors (Lipinski definition) is 0. The smallest absolute Gasteiger partial charge is 0.346 e. The molecule has 0 spiro atoms. The molecule has 1 aliphatic rings. The molecule has 1 aliphatic heterocycles. The number of carbonyl (C=O) groups excluding carboxylic acids is 2. The van der Waals surface area contributed by atoms with E-state index in [1.165, 1.54) is 10.8 Å². The van der Waals surface area contributed by atoms with Crippen LogP contribution in [0.25, 0.3) is 53.9 Å². The summed E-state index contributed by atoms with van der Waals surface area (Å²) in [6.07, 6.45) is 0. The topological polar surface area (TPSA) is 46.6 Å². The lowest BCUT2D eigenvalue weighted by atomic mass is 9.85. The van der Waals surface area contributed by atoms with Gasteiger partial charge in [-0.05, 0) is 74.1 Å². The van der Waals surface area contributed by atoms with Crippen LogP contribution in [0.4, 0.5) is 17.1 Å². The largest absolute Gasteiger partial charge is 0.386 e. The molecule has 0 radical (unpaired) electrons. The van der Waals surface area contributed by atoms with Gasteiger partial charge in [0.1, 0.15) is 0 Å². The molecule has 0 aliphatic carbocycles. The normalized spacial score (nSPS) is 13.0. The molecule has 1 heterocycles. The number of cyclic esters (lactones) is 2. The number of benzene rings is 8. The van der Waals surface area contributed by atoms with E-state index < -0.39 is 11.9 Å². The minimum atomic E-state index is -0.593. The van der Waals surface area contributed by atoms with Gasteiger partial charge in [0.05, 0.1) is 22.5 Å². The summed E-state index contributed by atoms with van der Waals surface area (Å²) in [5.74, 6) is -1.19. The van der Waals surface area contributed by atoms with Gasteiger partial charge in [-0.15, -0.1) is 0 Å². The van der Waals surface area contributed by atoms with Gasteiger partial charge in [-0.3, -0.25) is 0 Å². The predicted octanol–water partition coefficient (Wildman–Crippen LogP) is 9.67. The molecule has 0 fully saturated rings. The Morgan fingerprint density at radius 3 is 1.74 bits per heavy atom. The first-order chi connectivity index (χ1) is 20.7. The van der Waals surface area contributed by atoms with E-state index in [1.54, 1.807) is 12.1 Å². The van der Waals surface area contributed by atoms with Gasteiger partial charge >= 0.3 is 11.9 Å². The average molecular weight is 540 g/mol. The summed E-state index contributed by atoms with van der Waals surface area (Å²) in [6.45, 7) is 0. The molecular weight excluding hydrogens is 518 g/mol. The Labute approximate surface area is 240 Å². The summed E-state index contributed by atoms with van der Waals surface area (Å²) in [6, 6.07) is 43.7. The predicted molar refractivity (Wildman–Crippen MR) is 170 cm³/mol. The Kier molecular flexibility index (Phi) is 4.59. The molecule has 0 bridgehead atoms. The lowest BCUT2D eigenvalue weighted by molar-refractivity contribution is 0.0391. The van der Waals surface area contributed by atoms with Crippen LogP contribution in [0.15, 0.2) is 127 Å². The first kappa shape index (κ1) is 23.0. The maximum absolute atomic E-state index is 12.7. The molecule has 9 rings (SSSR count). The quantitative estimate of drug-likeness (QED) is 0.0970. The molecule has 196 valence electrons. The fourth-order valence-electron chi connectivity index (χ4n) is 6.90. The van der Waals surface area contributed by atoms with Gasteiger partial charge in [0.2, 0.25) is 0 Å². The number of ether oxygens (including phenoxy) is 1. The molecule has 4 heteroatoms. The number of carbonyl (C=O) groups is 2. The fourth-order valence-corrected chi connectivity index (χ4v) is 6.90. The van der Waals surface area contributed by atoms with E-state index in [9.17, 15) is 9.59 Å². The van der Waals surface area contributed by atoms with Gasteiger partial charge in [0.25, 0.3) is 0 Å². The summed E-state index contributed by atoms with van der Waals surface area (Å²) in [5, 5.41) is 10.4. The fraction of sp³-hybridized carbons (Fsp3) is 0. The highest BCUT2D eigenvalue weighted by Gasteiger charge is 2.30. The Morgan fingerprint density at radius 1 is 0.405 bits per heavy atom. The van der Waals surface area contributed by atoms with Gasteiger partial charge in [0, 0.05) is 21.8 Å². The maximum Gasteiger partial charge on any atom is 0.346 e. The third-order valence-corrected chi connectivity index (χ3v) is 8.65. The zero-order chi connectivity index (χ0) is 27.9. The van der Waals surface area contributed by atoms with E-state index in [2.05, 4.69) is 102 Å². The lowest BCUT2D eigenvalue weighted by Crippen LogP contribution is -2.19. The van der Waals surface area contributed by atoms with Crippen LogP contribution >= 0.6 is 0 Å². The zero-order valence-corrected chi connectivity index (χ0v) is 22.3. The second kappa shape index (κ2) is 8.38. The SMILES string of the molecule is O=C1OC(=O)c2ccc3c4ccc(N(c5ccccc5)c5cccc6ccccc56)c5cccc(c6ccc1c2c63)c54. The number of para-hydroxylation sites is 1. The summed E-state index contributed by atoms with van der Waals surface area (Å²) < 4.78 is 5.03. The van der Waals surface area contributed by atoms with Crippen molar-refractivity contribution in [3.05, 3.63) is 139 Å². The number of fused-ring (bicyclic) bond motifs is 3. The first-order valence-corrected chi connectivity index (χ1v) is 13.9. The van der Waals surface area contributed by atoms with E-state index >= 15 is 0 Å². The van der Waals surface area contributed by atoms with Gasteiger partial charge in [-0.1, -0.05) is 91.0 Å². The molecular formula is C38H21NO3. The Bertz CT molecular complexity index is 2350. The summed E-state index contributed by atoms with van der Waals surface area (Å²) >= 11 is 0. The highest BCUT2D eigenvalue weighted by Crippen LogP contribution is 2.48. The molecule has 0 unspecified atom stereocenters. The number of nitrogens with zero attached hydrogens (tertiary/aromatic N) is 1. The van der Waals surface area contributed by atoms with Crippen LogP contribution in [-0.2, 0) is 4.74 Å². The number of hydrogen-bond acceptors (Lipinski definition) is 4. The van der Waals surface area contributed by atoms with Gasteiger partial charge in [0.15, 0.2) is 0 Å².